The molecule has 0 unspecified atom stereocenters. The third kappa shape index (κ3) is 3.86. The summed E-state index contributed by atoms with van der Waals surface area (Å²) in [5, 5.41) is 0. The maximum atomic E-state index is 11.9. The molecule has 0 bridgehead atoms. The van der Waals surface area contributed by atoms with Crippen LogP contribution in [0, 0.1) is 3.57 Å². The number of alkyl halides is 3. The normalized spacial score (nSPS) is 12.8. The van der Waals surface area contributed by atoms with E-state index in [9.17, 15) is 21.6 Å². The zero-order chi connectivity index (χ0) is 12.4. The van der Waals surface area contributed by atoms with E-state index in [1.807, 2.05) is 0 Å². The van der Waals surface area contributed by atoms with Crippen LogP contribution in [-0.2, 0) is 10.0 Å². The van der Waals surface area contributed by atoms with Gasteiger partial charge in [0.25, 0.3) is 0 Å². The number of rotatable bonds is 3. The maximum Gasteiger partial charge on any atom is 0.482 e. The van der Waals surface area contributed by atoms with Gasteiger partial charge in [-0.3, -0.25) is 2.94 Å². The zero-order valence-corrected chi connectivity index (χ0v) is 11.9. The second-order valence-corrected chi connectivity index (χ2v) is 7.89. The van der Waals surface area contributed by atoms with E-state index in [1.54, 1.807) is 12.1 Å². The fourth-order valence-electron chi connectivity index (χ4n) is 0.610. The van der Waals surface area contributed by atoms with Gasteiger partial charge >= 0.3 is 5.51 Å². The summed E-state index contributed by atoms with van der Waals surface area (Å²) >= 11 is 1.61. The molecule has 0 aliphatic carbocycles. The Morgan fingerprint density at radius 3 is 2.12 bits per heavy atom. The van der Waals surface area contributed by atoms with Crippen molar-refractivity contribution in [2.24, 2.45) is 0 Å². The summed E-state index contributed by atoms with van der Waals surface area (Å²) in [6, 6.07) is 6.30. The van der Waals surface area contributed by atoms with Crippen molar-refractivity contribution in [3.05, 3.63) is 35.2 Å². The van der Waals surface area contributed by atoms with Crippen LogP contribution in [0.1, 0.15) is 0 Å². The molecule has 3 nitrogen and oxygen atoms in total. The molecule has 0 aliphatic heterocycles. The lowest BCUT2D eigenvalue weighted by atomic mass is 10.4. The van der Waals surface area contributed by atoms with Gasteiger partial charge in [0, 0.05) is 4.47 Å². The molecule has 1 aromatic carbocycles. The fraction of sp³-hybridized carbons (Fsp3) is 0.143. The molecule has 90 valence electrons. The highest BCUT2D eigenvalue weighted by Gasteiger charge is 2.41. The first-order valence-corrected chi connectivity index (χ1v) is 7.93. The first-order chi connectivity index (χ1) is 7.22. The van der Waals surface area contributed by atoms with Gasteiger partial charge in [-0.2, -0.15) is 13.2 Å². The summed E-state index contributed by atoms with van der Waals surface area (Å²) in [4.78, 5) is 0. The van der Waals surface area contributed by atoms with Crippen molar-refractivity contribution >= 4 is 26.0 Å². The molecule has 0 aromatic heterocycles. The molecule has 9 heteroatoms. The lowest BCUT2D eigenvalue weighted by Gasteiger charge is -2.10. The predicted molar refractivity (Wildman–Crippen MR) is 51.2 cm³/mol. The topological polar surface area (TPSA) is 48.2 Å². The van der Waals surface area contributed by atoms with Crippen molar-refractivity contribution in [2.45, 2.75) is 5.51 Å². The molecule has 1 aromatic rings. The lowest BCUT2D eigenvalue weighted by molar-refractivity contribution is -0.567. The van der Waals surface area contributed by atoms with E-state index < -0.39 is 37.0 Å². The smallest absolute Gasteiger partial charge is 0.278 e. The maximum absolute atomic E-state index is 11.9. The van der Waals surface area contributed by atoms with Crippen molar-refractivity contribution in [1.82, 2.24) is 0 Å². The van der Waals surface area contributed by atoms with E-state index in [0.29, 0.717) is 3.57 Å². The number of nitrogens with zero attached hydrogens (tertiary/aromatic N) is 1. The summed E-state index contributed by atoms with van der Waals surface area (Å²) < 4.78 is 61.1. The minimum Gasteiger partial charge on any atom is -0.278 e. The Balaban J connectivity index is 2.69. The van der Waals surface area contributed by atoms with Crippen LogP contribution in [-0.4, -0.2) is 13.9 Å². The molecule has 16 heavy (non-hydrogen) atoms. The van der Waals surface area contributed by atoms with Crippen LogP contribution in [0.2, 0.25) is 0 Å². The molecule has 0 saturated heterocycles. The standard InChI is InChI=1S/C7H4BrF3INO2S/c8-5-1-3-6(4-2-5)12-13-16(14,15)7(9,10)11/h1-4H. The summed E-state index contributed by atoms with van der Waals surface area (Å²) in [6.45, 7) is 0. The summed E-state index contributed by atoms with van der Waals surface area (Å²) in [5.74, 6) is 0. The Labute approximate surface area is 109 Å². The van der Waals surface area contributed by atoms with Gasteiger partial charge in [0.1, 0.15) is 0 Å². The van der Waals surface area contributed by atoms with Gasteiger partial charge in [-0.05, 0) is 24.3 Å². The van der Waals surface area contributed by atoms with E-state index >= 15 is 0 Å². The van der Waals surface area contributed by atoms with E-state index in [1.165, 1.54) is 12.1 Å². The van der Waals surface area contributed by atoms with Gasteiger partial charge in [-0.15, -0.1) is 0 Å². The second kappa shape index (κ2) is 5.19. The molecule has 0 heterocycles. The van der Waals surface area contributed by atoms with Gasteiger partial charge in [0.2, 0.25) is 31.5 Å². The van der Waals surface area contributed by atoms with Crippen LogP contribution < -0.4 is 21.5 Å². The fourth-order valence-corrected chi connectivity index (χ4v) is 3.93. The minimum atomic E-state index is -5.34. The van der Waals surface area contributed by atoms with Crippen molar-refractivity contribution < 1.29 is 43.1 Å². The first kappa shape index (κ1) is 14.2. The van der Waals surface area contributed by atoms with Crippen LogP contribution in [0.25, 0.3) is 2.94 Å². The molecule has 0 N–H and O–H groups in total. The Morgan fingerprint density at radius 2 is 1.69 bits per heavy atom. The molecule has 0 aliphatic rings. The average molecular weight is 430 g/mol. The van der Waals surface area contributed by atoms with Crippen LogP contribution in [0.4, 0.5) is 13.2 Å². The largest absolute Gasteiger partial charge is 0.482 e. The number of halogens is 5. The van der Waals surface area contributed by atoms with Crippen molar-refractivity contribution in [3.63, 3.8) is 0 Å². The molecule has 1 rings (SSSR count). The molecular formula is C7H4BrF3INO2S. The van der Waals surface area contributed by atoms with Crippen molar-refractivity contribution in [2.75, 3.05) is 0 Å². The molecule has 0 amide bonds. The van der Waals surface area contributed by atoms with E-state index in [0.717, 1.165) is 4.47 Å². The Bertz CT molecular complexity index is 460. The van der Waals surface area contributed by atoms with E-state index in [4.69, 9.17) is 0 Å². The number of hydrogen-bond donors (Lipinski definition) is 0. The van der Waals surface area contributed by atoms with Crippen LogP contribution in [0.3, 0.4) is 0 Å². The van der Waals surface area contributed by atoms with Gasteiger partial charge < -0.3 is 0 Å². The Morgan fingerprint density at radius 1 is 1.19 bits per heavy atom. The minimum absolute atomic E-state index is 0.495. The monoisotopic (exact) mass is 429 g/mol. The Kier molecular flexibility index (Phi) is 4.60. The second-order valence-electron chi connectivity index (χ2n) is 2.51. The van der Waals surface area contributed by atoms with Gasteiger partial charge in [-0.25, -0.2) is 8.42 Å². The van der Waals surface area contributed by atoms with Crippen LogP contribution in [0.5, 0.6) is 0 Å². The third-order valence-corrected chi connectivity index (χ3v) is 6.11. The van der Waals surface area contributed by atoms with Gasteiger partial charge in [0.15, 0.2) is 3.57 Å². The molecule has 0 atom stereocenters. The summed E-state index contributed by atoms with van der Waals surface area (Å²) in [5.41, 5.74) is -5.30. The predicted octanol–water partition coefficient (Wildman–Crippen LogP) is -0.154. The van der Waals surface area contributed by atoms with E-state index in [2.05, 4.69) is 18.9 Å². The summed E-state index contributed by atoms with van der Waals surface area (Å²) in [6.07, 6.45) is 0. The van der Waals surface area contributed by atoms with Gasteiger partial charge in [-0.1, -0.05) is 15.9 Å². The third-order valence-electron chi connectivity index (χ3n) is 1.32. The molecule has 0 radical (unpaired) electrons. The highest BCUT2D eigenvalue weighted by atomic mass is 127. The van der Waals surface area contributed by atoms with Crippen molar-refractivity contribution in [3.8, 4) is 0 Å². The summed E-state index contributed by atoms with van der Waals surface area (Å²) in [7, 11) is -5.34. The molecule has 0 spiro atoms. The molecule has 0 fully saturated rings. The Hall–Kier alpha value is 0.130. The number of sulfonamides is 1. The first-order valence-electron chi connectivity index (χ1n) is 3.66. The SMILES string of the molecule is O=S(=O)([N-][I+]c1ccc(Br)cc1)C(F)(F)F. The number of benzene rings is 1. The zero-order valence-electron chi connectivity index (χ0n) is 7.37. The van der Waals surface area contributed by atoms with Crippen LogP contribution in [0.15, 0.2) is 28.7 Å². The quantitative estimate of drug-likeness (QED) is 0.627. The highest BCUT2D eigenvalue weighted by molar-refractivity contribution is 9.10. The van der Waals surface area contributed by atoms with Crippen LogP contribution >= 0.6 is 15.9 Å². The molecule has 0 saturated carbocycles. The van der Waals surface area contributed by atoms with Gasteiger partial charge in [0.05, 0.1) is 0 Å². The van der Waals surface area contributed by atoms with Crippen molar-refractivity contribution in [1.29, 1.82) is 0 Å². The molecular weight excluding hydrogens is 426 g/mol. The lowest BCUT2D eigenvalue weighted by Crippen LogP contribution is -3.59. The van der Waals surface area contributed by atoms with E-state index in [-0.39, 0.29) is 0 Å². The number of hydrogen-bond acceptors (Lipinski definition) is 2. The highest BCUT2D eigenvalue weighted by Crippen LogP contribution is 2.24. The average Bonchev–Trinajstić information content (AvgIpc) is 2.15.